The summed E-state index contributed by atoms with van der Waals surface area (Å²) in [4.78, 5) is 0. The Morgan fingerprint density at radius 3 is 2.33 bits per heavy atom. The van der Waals surface area contributed by atoms with E-state index in [2.05, 4.69) is 5.16 Å². The topological polar surface area (TPSA) is 58.7 Å². The lowest BCUT2D eigenvalue weighted by molar-refractivity contribution is -0.495. The molecule has 4 heteroatoms. The van der Waals surface area contributed by atoms with Gasteiger partial charge in [0.15, 0.2) is 11.8 Å². The molecule has 0 heterocycles. The van der Waals surface area contributed by atoms with Crippen LogP contribution in [0, 0.1) is 5.21 Å². The highest BCUT2D eigenvalue weighted by atomic mass is 16.5. The van der Waals surface area contributed by atoms with E-state index in [0.717, 1.165) is 4.74 Å². The van der Waals surface area contributed by atoms with Crippen molar-refractivity contribution in [2.45, 2.75) is 40.2 Å². The van der Waals surface area contributed by atoms with E-state index in [-0.39, 0.29) is 6.04 Å². The Kier molecular flexibility index (Phi) is 4.33. The average Bonchev–Trinajstić information content (AvgIpc) is 2.02. The van der Waals surface area contributed by atoms with Crippen molar-refractivity contribution in [1.82, 2.24) is 0 Å². The van der Waals surface area contributed by atoms with E-state index in [0.29, 0.717) is 17.8 Å². The molecule has 0 aromatic heterocycles. The molecule has 0 fully saturated rings. The third kappa shape index (κ3) is 3.37. The average molecular weight is 172 g/mol. The van der Waals surface area contributed by atoms with Gasteiger partial charge in [-0.2, -0.15) is 0 Å². The lowest BCUT2D eigenvalue weighted by Crippen LogP contribution is -2.24. The molecule has 0 saturated carbocycles. The Bertz CT molecular complexity index is 205. The summed E-state index contributed by atoms with van der Waals surface area (Å²) >= 11 is 0. The number of rotatable bonds is 3. The molecule has 70 valence electrons. The van der Waals surface area contributed by atoms with Crippen LogP contribution in [0.15, 0.2) is 5.16 Å². The summed E-state index contributed by atoms with van der Waals surface area (Å²) < 4.78 is 0.925. The van der Waals surface area contributed by atoms with E-state index in [1.54, 1.807) is 27.7 Å². The molecule has 1 N–H and O–H groups in total. The number of hydrogen-bond acceptors (Lipinski definition) is 3. The fraction of sp³-hybridized carbons (Fsp3) is 0.750. The van der Waals surface area contributed by atoms with Crippen molar-refractivity contribution in [3.8, 4) is 0 Å². The van der Waals surface area contributed by atoms with E-state index < -0.39 is 0 Å². The second-order valence-corrected chi connectivity index (χ2v) is 3.16. The predicted molar refractivity (Wildman–Crippen MR) is 49.0 cm³/mol. The van der Waals surface area contributed by atoms with Crippen molar-refractivity contribution in [1.29, 1.82) is 0 Å². The van der Waals surface area contributed by atoms with Crippen molar-refractivity contribution < 1.29 is 9.95 Å². The molecule has 0 aliphatic rings. The van der Waals surface area contributed by atoms with E-state index in [1.165, 1.54) is 0 Å². The van der Waals surface area contributed by atoms with Crippen LogP contribution in [0.25, 0.3) is 0 Å². The summed E-state index contributed by atoms with van der Waals surface area (Å²) in [5.41, 5.74) is 1.29. The molecule has 0 rings (SSSR count). The normalized spacial score (nSPS) is 14.2. The summed E-state index contributed by atoms with van der Waals surface area (Å²) in [5.74, 6) is 0. The molecule has 0 saturated heterocycles. The van der Waals surface area contributed by atoms with Gasteiger partial charge in [0.2, 0.25) is 0 Å². The maximum absolute atomic E-state index is 11.2. The minimum atomic E-state index is -0.161. The first kappa shape index (κ1) is 10.9. The monoisotopic (exact) mass is 172 g/mol. The third-order valence-electron chi connectivity index (χ3n) is 1.60. The Hall–Kier alpha value is -1.06. The second kappa shape index (κ2) is 4.74. The number of nitrogens with zero attached hydrogens (tertiary/aromatic N) is 2. The minimum absolute atomic E-state index is 0.161. The van der Waals surface area contributed by atoms with Gasteiger partial charge in [0.1, 0.15) is 0 Å². The molecule has 0 spiro atoms. The highest BCUT2D eigenvalue weighted by Crippen LogP contribution is 1.99. The summed E-state index contributed by atoms with van der Waals surface area (Å²) in [6, 6.07) is -0.161. The predicted octanol–water partition coefficient (Wildman–Crippen LogP) is 1.61. The zero-order valence-electron chi connectivity index (χ0n) is 8.03. The van der Waals surface area contributed by atoms with E-state index >= 15 is 0 Å². The first-order valence-corrected chi connectivity index (χ1v) is 3.93. The molecule has 0 radical (unpaired) electrons. The second-order valence-electron chi connectivity index (χ2n) is 3.16. The Morgan fingerprint density at radius 1 is 1.50 bits per heavy atom. The van der Waals surface area contributed by atoms with Crippen LogP contribution in [-0.4, -0.2) is 27.4 Å². The standard InChI is InChI=1S/C8H16N2O2/c1-6(2)10(12)8(4)5-7(3)9-11/h8,11H,5H2,1-4H3/b9-7-. The van der Waals surface area contributed by atoms with Gasteiger partial charge >= 0.3 is 0 Å². The van der Waals surface area contributed by atoms with E-state index in [9.17, 15) is 5.21 Å². The number of hydrogen-bond donors (Lipinski definition) is 1. The molecule has 0 amide bonds. The van der Waals surface area contributed by atoms with Crippen molar-refractivity contribution in [3.63, 3.8) is 0 Å². The van der Waals surface area contributed by atoms with Gasteiger partial charge in [-0.15, -0.1) is 0 Å². The Labute approximate surface area is 72.8 Å². The van der Waals surface area contributed by atoms with Crippen molar-refractivity contribution in [3.05, 3.63) is 5.21 Å². The maximum atomic E-state index is 11.2. The van der Waals surface area contributed by atoms with Crippen LogP contribution >= 0.6 is 0 Å². The zero-order valence-corrected chi connectivity index (χ0v) is 8.03. The SMILES string of the molecule is CC(C)=[N+]([O-])C(C)C/C(C)=N\O. The first-order chi connectivity index (χ1) is 5.49. The van der Waals surface area contributed by atoms with Gasteiger partial charge in [-0.1, -0.05) is 5.16 Å². The summed E-state index contributed by atoms with van der Waals surface area (Å²) in [6.45, 7) is 7.01. The third-order valence-corrected chi connectivity index (χ3v) is 1.60. The maximum Gasteiger partial charge on any atom is 0.165 e. The van der Waals surface area contributed by atoms with Gasteiger partial charge in [-0.3, -0.25) is 0 Å². The highest BCUT2D eigenvalue weighted by molar-refractivity contribution is 5.81. The van der Waals surface area contributed by atoms with Crippen LogP contribution in [0.5, 0.6) is 0 Å². The fourth-order valence-corrected chi connectivity index (χ4v) is 0.992. The van der Waals surface area contributed by atoms with Crippen LogP contribution in [0.1, 0.15) is 34.1 Å². The lowest BCUT2D eigenvalue weighted by atomic mass is 10.2. The Morgan fingerprint density at radius 2 is 2.00 bits per heavy atom. The zero-order chi connectivity index (χ0) is 9.72. The van der Waals surface area contributed by atoms with Gasteiger partial charge in [0.05, 0.1) is 12.1 Å². The van der Waals surface area contributed by atoms with Crippen molar-refractivity contribution in [2.75, 3.05) is 0 Å². The molecule has 1 atom stereocenters. The molecule has 0 aromatic rings. The van der Waals surface area contributed by atoms with Crippen LogP contribution in [0.3, 0.4) is 0 Å². The van der Waals surface area contributed by atoms with Gasteiger partial charge < -0.3 is 10.4 Å². The molecular weight excluding hydrogens is 156 g/mol. The van der Waals surface area contributed by atoms with Crippen molar-refractivity contribution >= 4 is 11.4 Å². The smallest absolute Gasteiger partial charge is 0.165 e. The lowest BCUT2D eigenvalue weighted by Gasteiger charge is -2.13. The largest absolute Gasteiger partial charge is 0.624 e. The quantitative estimate of drug-likeness (QED) is 0.231. The molecule has 4 nitrogen and oxygen atoms in total. The highest BCUT2D eigenvalue weighted by Gasteiger charge is 2.11. The van der Waals surface area contributed by atoms with E-state index in [4.69, 9.17) is 5.21 Å². The van der Waals surface area contributed by atoms with Gasteiger partial charge in [-0.05, 0) is 13.8 Å². The van der Waals surface area contributed by atoms with Gasteiger partial charge in [-0.25, -0.2) is 4.74 Å². The molecule has 0 bridgehead atoms. The van der Waals surface area contributed by atoms with Crippen LogP contribution in [0.2, 0.25) is 0 Å². The summed E-state index contributed by atoms with van der Waals surface area (Å²) in [6.07, 6.45) is 0.491. The van der Waals surface area contributed by atoms with Gasteiger partial charge in [0.25, 0.3) is 0 Å². The first-order valence-electron chi connectivity index (χ1n) is 3.93. The minimum Gasteiger partial charge on any atom is -0.624 e. The summed E-state index contributed by atoms with van der Waals surface area (Å²) in [5, 5.41) is 22.6. The number of oxime groups is 1. The molecule has 12 heavy (non-hydrogen) atoms. The van der Waals surface area contributed by atoms with Gasteiger partial charge in [0, 0.05) is 13.8 Å². The summed E-state index contributed by atoms with van der Waals surface area (Å²) in [7, 11) is 0. The molecule has 1 unspecified atom stereocenters. The fourth-order valence-electron chi connectivity index (χ4n) is 0.992. The van der Waals surface area contributed by atoms with Crippen LogP contribution < -0.4 is 0 Å². The molecule has 0 aliphatic heterocycles. The molecular formula is C8H16N2O2. The molecule has 0 aliphatic carbocycles. The van der Waals surface area contributed by atoms with Crippen molar-refractivity contribution in [2.24, 2.45) is 5.16 Å². The van der Waals surface area contributed by atoms with Crippen LogP contribution in [0.4, 0.5) is 0 Å². The number of hydroxylamine groups is 1. The Balaban J connectivity index is 4.24. The molecule has 0 aromatic carbocycles. The van der Waals surface area contributed by atoms with Crippen LogP contribution in [-0.2, 0) is 0 Å². The van der Waals surface area contributed by atoms with E-state index in [1.807, 2.05) is 0 Å².